The zero-order valence-electron chi connectivity index (χ0n) is 24.8. The molecule has 0 aliphatic carbocycles. The van der Waals surface area contributed by atoms with E-state index in [1.807, 2.05) is 43.3 Å². The van der Waals surface area contributed by atoms with E-state index in [4.69, 9.17) is 19.9 Å². The summed E-state index contributed by atoms with van der Waals surface area (Å²) in [5.41, 5.74) is 11.2. The standard InChI is InChI=1S/C34H36N4O5/c1-22-13-18-27(36-34(35)38-33(40)26-19-29(41-2)31(43-4)30(20-26)42-3)21-28(22)37-32(39)25-16-14-24(15-17-25)12-8-11-23-9-6-5-7-10-23/h5-7,9-10,13-21H,8,11-12H2,1-4H3,(H,37,39)(H3,35,36,38,40). The lowest BCUT2D eigenvalue weighted by Crippen LogP contribution is -2.36. The summed E-state index contributed by atoms with van der Waals surface area (Å²) in [5, 5.41) is 5.52. The highest BCUT2D eigenvalue weighted by Gasteiger charge is 2.17. The molecule has 9 nitrogen and oxygen atoms in total. The van der Waals surface area contributed by atoms with Crippen LogP contribution in [-0.4, -0.2) is 39.1 Å². The Bertz CT molecular complexity index is 1580. The van der Waals surface area contributed by atoms with Gasteiger partial charge < -0.3 is 25.3 Å². The van der Waals surface area contributed by atoms with Gasteiger partial charge in [0.15, 0.2) is 11.5 Å². The van der Waals surface area contributed by atoms with Gasteiger partial charge in [-0.25, -0.2) is 4.99 Å². The fourth-order valence-electron chi connectivity index (χ4n) is 4.54. The molecule has 0 aliphatic heterocycles. The second kappa shape index (κ2) is 14.5. The van der Waals surface area contributed by atoms with E-state index >= 15 is 0 Å². The van der Waals surface area contributed by atoms with E-state index in [1.165, 1.54) is 44.6 Å². The molecule has 2 amide bonds. The van der Waals surface area contributed by atoms with Crippen molar-refractivity contribution in [1.29, 1.82) is 0 Å². The van der Waals surface area contributed by atoms with Crippen LogP contribution in [0.4, 0.5) is 11.4 Å². The van der Waals surface area contributed by atoms with Crippen molar-refractivity contribution in [3.63, 3.8) is 0 Å². The quantitative estimate of drug-likeness (QED) is 0.152. The second-order valence-electron chi connectivity index (χ2n) is 9.85. The number of methoxy groups -OCH3 is 3. The highest BCUT2D eigenvalue weighted by Crippen LogP contribution is 2.38. The first-order valence-electron chi connectivity index (χ1n) is 13.8. The van der Waals surface area contributed by atoms with Gasteiger partial charge in [0, 0.05) is 16.8 Å². The SMILES string of the molecule is COc1cc(C(=O)NC(N)=Nc2ccc(C)c(NC(=O)c3ccc(CCCc4ccccc4)cc3)c2)cc(OC)c1OC. The van der Waals surface area contributed by atoms with Gasteiger partial charge in [-0.1, -0.05) is 48.5 Å². The van der Waals surface area contributed by atoms with Gasteiger partial charge in [-0.3, -0.25) is 14.9 Å². The lowest BCUT2D eigenvalue weighted by Gasteiger charge is -2.14. The van der Waals surface area contributed by atoms with E-state index in [2.05, 4.69) is 39.9 Å². The fraction of sp³-hybridized carbons (Fsp3) is 0.206. The monoisotopic (exact) mass is 580 g/mol. The Morgan fingerprint density at radius 1 is 0.744 bits per heavy atom. The number of amides is 2. The third-order valence-corrected chi connectivity index (χ3v) is 6.88. The van der Waals surface area contributed by atoms with Crippen LogP contribution in [0, 0.1) is 6.92 Å². The molecule has 0 fully saturated rings. The Kier molecular flexibility index (Phi) is 10.4. The van der Waals surface area contributed by atoms with Crippen molar-refractivity contribution < 1.29 is 23.8 Å². The van der Waals surface area contributed by atoms with Crippen LogP contribution in [-0.2, 0) is 12.8 Å². The summed E-state index contributed by atoms with van der Waals surface area (Å²) < 4.78 is 15.9. The van der Waals surface area contributed by atoms with Crippen LogP contribution in [0.5, 0.6) is 17.2 Å². The topological polar surface area (TPSA) is 124 Å². The van der Waals surface area contributed by atoms with Crippen molar-refractivity contribution in [2.24, 2.45) is 10.7 Å². The Morgan fingerprint density at radius 3 is 1.98 bits per heavy atom. The summed E-state index contributed by atoms with van der Waals surface area (Å²) in [6, 6.07) is 26.3. The number of aliphatic imine (C=N–C) groups is 1. The average Bonchev–Trinajstić information content (AvgIpc) is 3.02. The maximum atomic E-state index is 13.0. The summed E-state index contributed by atoms with van der Waals surface area (Å²) in [5.74, 6) is 0.168. The molecule has 0 spiro atoms. The van der Waals surface area contributed by atoms with Gasteiger partial charge in [0.05, 0.1) is 27.0 Å². The molecule has 0 radical (unpaired) electrons. The summed E-state index contributed by atoms with van der Waals surface area (Å²) in [6.07, 6.45) is 2.99. The molecule has 0 saturated carbocycles. The van der Waals surface area contributed by atoms with E-state index in [0.717, 1.165) is 24.8 Å². The molecule has 0 saturated heterocycles. The Morgan fingerprint density at radius 2 is 1.37 bits per heavy atom. The van der Waals surface area contributed by atoms with Crippen LogP contribution in [0.2, 0.25) is 0 Å². The van der Waals surface area contributed by atoms with Gasteiger partial charge in [0.2, 0.25) is 11.7 Å². The first-order valence-corrected chi connectivity index (χ1v) is 13.8. The van der Waals surface area contributed by atoms with Crippen molar-refractivity contribution in [2.45, 2.75) is 26.2 Å². The third kappa shape index (κ3) is 8.13. The van der Waals surface area contributed by atoms with Crippen LogP contribution < -0.4 is 30.6 Å². The third-order valence-electron chi connectivity index (χ3n) is 6.88. The maximum absolute atomic E-state index is 13.0. The van der Waals surface area contributed by atoms with E-state index in [-0.39, 0.29) is 17.4 Å². The largest absolute Gasteiger partial charge is 0.493 e. The van der Waals surface area contributed by atoms with Crippen molar-refractivity contribution >= 4 is 29.1 Å². The molecule has 4 rings (SSSR count). The predicted octanol–water partition coefficient (Wildman–Crippen LogP) is 5.82. The van der Waals surface area contributed by atoms with Crippen molar-refractivity contribution in [2.75, 3.05) is 26.6 Å². The molecule has 0 unspecified atom stereocenters. The highest BCUT2D eigenvalue weighted by atomic mass is 16.5. The second-order valence-corrected chi connectivity index (χ2v) is 9.85. The molecule has 43 heavy (non-hydrogen) atoms. The first-order chi connectivity index (χ1) is 20.8. The first kappa shape index (κ1) is 30.6. The van der Waals surface area contributed by atoms with Crippen molar-refractivity contribution in [3.8, 4) is 17.2 Å². The summed E-state index contributed by atoms with van der Waals surface area (Å²) in [7, 11) is 4.41. The number of benzene rings is 4. The zero-order chi connectivity index (χ0) is 30.8. The summed E-state index contributed by atoms with van der Waals surface area (Å²) in [6.45, 7) is 1.88. The number of anilines is 1. The molecule has 0 heterocycles. The van der Waals surface area contributed by atoms with Crippen LogP contribution in [0.1, 0.15) is 43.8 Å². The van der Waals surface area contributed by atoms with Gasteiger partial charge >= 0.3 is 0 Å². The number of rotatable bonds is 11. The fourth-order valence-corrected chi connectivity index (χ4v) is 4.54. The normalized spacial score (nSPS) is 11.0. The minimum atomic E-state index is -0.510. The molecular weight excluding hydrogens is 544 g/mol. The number of carbonyl (C=O) groups excluding carboxylic acids is 2. The number of carbonyl (C=O) groups is 2. The van der Waals surface area contributed by atoms with Crippen LogP contribution in [0.25, 0.3) is 0 Å². The Hall–Kier alpha value is -5.31. The number of nitrogens with zero attached hydrogens (tertiary/aromatic N) is 1. The van der Waals surface area contributed by atoms with Crippen LogP contribution in [0.3, 0.4) is 0 Å². The van der Waals surface area contributed by atoms with Crippen LogP contribution in [0.15, 0.2) is 89.9 Å². The van der Waals surface area contributed by atoms with E-state index < -0.39 is 5.91 Å². The van der Waals surface area contributed by atoms with Gasteiger partial charge in [0.1, 0.15) is 0 Å². The molecule has 0 atom stereocenters. The molecule has 4 aromatic carbocycles. The zero-order valence-corrected chi connectivity index (χ0v) is 24.8. The van der Waals surface area contributed by atoms with Gasteiger partial charge in [-0.05, 0) is 79.3 Å². The minimum absolute atomic E-state index is 0.122. The molecule has 4 N–H and O–H groups in total. The summed E-state index contributed by atoms with van der Waals surface area (Å²) in [4.78, 5) is 30.2. The van der Waals surface area contributed by atoms with Gasteiger partial charge in [-0.15, -0.1) is 0 Å². The molecule has 9 heteroatoms. The molecule has 0 bridgehead atoms. The van der Waals surface area contributed by atoms with E-state index in [9.17, 15) is 9.59 Å². The number of aryl methyl sites for hydroxylation is 3. The van der Waals surface area contributed by atoms with Crippen molar-refractivity contribution in [3.05, 3.63) is 113 Å². The Labute approximate surface area is 251 Å². The average molecular weight is 581 g/mol. The smallest absolute Gasteiger partial charge is 0.258 e. The van der Waals surface area contributed by atoms with Crippen LogP contribution >= 0.6 is 0 Å². The number of guanidine groups is 1. The van der Waals surface area contributed by atoms with E-state index in [0.29, 0.717) is 34.2 Å². The Balaban J connectivity index is 1.39. The predicted molar refractivity (Wildman–Crippen MR) is 169 cm³/mol. The summed E-state index contributed by atoms with van der Waals surface area (Å²) >= 11 is 0. The molecule has 222 valence electrons. The maximum Gasteiger partial charge on any atom is 0.258 e. The lowest BCUT2D eigenvalue weighted by molar-refractivity contribution is 0.0974. The van der Waals surface area contributed by atoms with E-state index in [1.54, 1.807) is 12.1 Å². The number of nitrogens with two attached hydrogens (primary N) is 1. The highest BCUT2D eigenvalue weighted by molar-refractivity contribution is 6.07. The lowest BCUT2D eigenvalue weighted by atomic mass is 10.0. The molecule has 0 aromatic heterocycles. The number of hydrogen-bond donors (Lipinski definition) is 3. The number of hydrogen-bond acceptors (Lipinski definition) is 6. The van der Waals surface area contributed by atoms with Gasteiger partial charge in [-0.2, -0.15) is 0 Å². The van der Waals surface area contributed by atoms with Gasteiger partial charge in [0.25, 0.3) is 11.8 Å². The van der Waals surface area contributed by atoms with Crippen molar-refractivity contribution in [1.82, 2.24) is 5.32 Å². The molecule has 4 aromatic rings. The minimum Gasteiger partial charge on any atom is -0.493 e. The molecular formula is C34H36N4O5. The number of nitrogens with one attached hydrogen (secondary N) is 2. The number of ether oxygens (including phenoxy) is 3. The molecule has 0 aliphatic rings.